The van der Waals surface area contributed by atoms with Gasteiger partial charge in [-0.1, -0.05) is 6.07 Å². The Labute approximate surface area is 133 Å². The molecule has 2 aromatic rings. The predicted octanol–water partition coefficient (Wildman–Crippen LogP) is 3.22. The molecule has 4 nitrogen and oxygen atoms in total. The van der Waals surface area contributed by atoms with Crippen LogP contribution in [0.4, 0.5) is 4.79 Å². The molecule has 0 aliphatic heterocycles. The molecule has 2 N–H and O–H groups in total. The van der Waals surface area contributed by atoms with Crippen molar-refractivity contribution in [3.8, 4) is 0 Å². The van der Waals surface area contributed by atoms with Gasteiger partial charge < -0.3 is 15.5 Å². The Morgan fingerprint density at radius 1 is 1.24 bits per heavy atom. The maximum Gasteiger partial charge on any atom is 0.315 e. The minimum Gasteiger partial charge on any atom is -0.336 e. The molecular formula is C15H21N3OS2. The van der Waals surface area contributed by atoms with Gasteiger partial charge in [-0.25, -0.2) is 4.79 Å². The molecule has 2 heterocycles. The minimum absolute atomic E-state index is 0.119. The zero-order valence-electron chi connectivity index (χ0n) is 12.6. The number of aryl methyl sites for hydroxylation is 1. The van der Waals surface area contributed by atoms with Crippen molar-refractivity contribution in [2.24, 2.45) is 0 Å². The smallest absolute Gasteiger partial charge is 0.315 e. The summed E-state index contributed by atoms with van der Waals surface area (Å²) in [5, 5.41) is 9.97. The molecule has 0 spiro atoms. The summed E-state index contributed by atoms with van der Waals surface area (Å²) in [5.74, 6) is 0. The first-order chi connectivity index (χ1) is 10.1. The molecule has 0 fully saturated rings. The van der Waals surface area contributed by atoms with Crippen LogP contribution in [0.2, 0.25) is 0 Å². The highest BCUT2D eigenvalue weighted by Crippen LogP contribution is 2.22. The Bertz CT molecular complexity index is 563. The van der Waals surface area contributed by atoms with E-state index in [-0.39, 0.29) is 12.1 Å². The van der Waals surface area contributed by atoms with Crippen molar-refractivity contribution in [3.63, 3.8) is 0 Å². The van der Waals surface area contributed by atoms with Crippen molar-refractivity contribution in [2.45, 2.75) is 19.5 Å². The van der Waals surface area contributed by atoms with E-state index in [0.717, 1.165) is 0 Å². The first-order valence-electron chi connectivity index (χ1n) is 6.82. The number of nitrogens with one attached hydrogen (secondary N) is 2. The first-order valence-corrected chi connectivity index (χ1v) is 8.58. The molecule has 0 aliphatic carbocycles. The number of carbonyl (C=O) groups is 1. The Morgan fingerprint density at radius 2 is 2.05 bits per heavy atom. The number of amides is 2. The monoisotopic (exact) mass is 323 g/mol. The summed E-state index contributed by atoms with van der Waals surface area (Å²) >= 11 is 3.38. The molecule has 0 radical (unpaired) electrons. The fourth-order valence-electron chi connectivity index (χ4n) is 2.02. The lowest BCUT2D eigenvalue weighted by Gasteiger charge is -2.23. The van der Waals surface area contributed by atoms with Gasteiger partial charge in [0.15, 0.2) is 0 Å². The van der Waals surface area contributed by atoms with Crippen LogP contribution in [0, 0.1) is 6.92 Å². The quantitative estimate of drug-likeness (QED) is 0.857. The molecule has 2 amide bonds. The standard InChI is InChI=1S/C15H21N3OS2/c1-11-6-8-21-14(11)10-17-15(19)16-9-12(18(2)3)13-5-4-7-20-13/h4-8,12H,9-10H2,1-3H3,(H2,16,17,19). The van der Waals surface area contributed by atoms with Crippen LogP contribution in [0.5, 0.6) is 0 Å². The van der Waals surface area contributed by atoms with Crippen LogP contribution < -0.4 is 10.6 Å². The third-order valence-corrected chi connectivity index (χ3v) is 5.33. The summed E-state index contributed by atoms with van der Waals surface area (Å²) in [4.78, 5) is 16.5. The summed E-state index contributed by atoms with van der Waals surface area (Å²) in [6.45, 7) is 3.24. The molecular weight excluding hydrogens is 302 g/mol. The molecule has 2 aromatic heterocycles. The van der Waals surface area contributed by atoms with Gasteiger partial charge in [-0.2, -0.15) is 0 Å². The van der Waals surface area contributed by atoms with Crippen LogP contribution in [0.3, 0.4) is 0 Å². The zero-order chi connectivity index (χ0) is 15.2. The molecule has 0 saturated heterocycles. The van der Waals surface area contributed by atoms with E-state index >= 15 is 0 Å². The molecule has 1 unspecified atom stereocenters. The van der Waals surface area contributed by atoms with Crippen molar-refractivity contribution in [1.29, 1.82) is 0 Å². The maximum absolute atomic E-state index is 11.9. The lowest BCUT2D eigenvalue weighted by Crippen LogP contribution is -2.40. The molecule has 114 valence electrons. The molecule has 1 atom stereocenters. The molecule has 21 heavy (non-hydrogen) atoms. The number of urea groups is 1. The summed E-state index contributed by atoms with van der Waals surface area (Å²) in [5.41, 5.74) is 1.23. The van der Waals surface area contributed by atoms with E-state index in [9.17, 15) is 4.79 Å². The fraction of sp³-hybridized carbons (Fsp3) is 0.400. The second kappa shape index (κ2) is 7.59. The second-order valence-corrected chi connectivity index (χ2v) is 7.07. The van der Waals surface area contributed by atoms with Crippen LogP contribution in [0.15, 0.2) is 29.0 Å². The number of thiophene rings is 2. The molecule has 6 heteroatoms. The molecule has 0 aromatic carbocycles. The van der Waals surface area contributed by atoms with Gasteiger partial charge in [0.2, 0.25) is 0 Å². The second-order valence-electron chi connectivity index (χ2n) is 5.09. The average Bonchev–Trinajstić information content (AvgIpc) is 3.08. The molecule has 2 rings (SSSR count). The molecule has 0 saturated carbocycles. The fourth-order valence-corrected chi connectivity index (χ4v) is 3.78. The Morgan fingerprint density at radius 3 is 2.62 bits per heavy atom. The summed E-state index contributed by atoms with van der Waals surface area (Å²) in [7, 11) is 4.05. The highest BCUT2D eigenvalue weighted by Gasteiger charge is 2.16. The molecule has 0 bridgehead atoms. The van der Waals surface area contributed by atoms with Gasteiger partial charge in [0.25, 0.3) is 0 Å². The van der Waals surface area contributed by atoms with Crippen molar-refractivity contribution in [2.75, 3.05) is 20.6 Å². The zero-order valence-corrected chi connectivity index (χ0v) is 14.2. The number of hydrogen-bond donors (Lipinski definition) is 2. The van der Waals surface area contributed by atoms with E-state index in [1.807, 2.05) is 25.5 Å². The molecule has 0 aliphatic rings. The summed E-state index contributed by atoms with van der Waals surface area (Å²) in [6.07, 6.45) is 0. The highest BCUT2D eigenvalue weighted by molar-refractivity contribution is 7.10. The van der Waals surface area contributed by atoms with Crippen molar-refractivity contribution < 1.29 is 4.79 Å². The van der Waals surface area contributed by atoms with E-state index in [0.29, 0.717) is 13.1 Å². The normalized spacial score (nSPS) is 12.4. The van der Waals surface area contributed by atoms with E-state index in [2.05, 4.69) is 40.0 Å². The van der Waals surface area contributed by atoms with Crippen LogP contribution in [-0.2, 0) is 6.54 Å². The van der Waals surface area contributed by atoms with Crippen molar-refractivity contribution >= 4 is 28.7 Å². The van der Waals surface area contributed by atoms with Gasteiger partial charge >= 0.3 is 6.03 Å². The Hall–Kier alpha value is -1.37. The highest BCUT2D eigenvalue weighted by atomic mass is 32.1. The third-order valence-electron chi connectivity index (χ3n) is 3.33. The Balaban J connectivity index is 1.81. The summed E-state index contributed by atoms with van der Waals surface area (Å²) < 4.78 is 0. The topological polar surface area (TPSA) is 44.4 Å². The minimum atomic E-state index is -0.119. The lowest BCUT2D eigenvalue weighted by atomic mass is 10.2. The van der Waals surface area contributed by atoms with Gasteiger partial charge in [0.1, 0.15) is 0 Å². The van der Waals surface area contributed by atoms with Crippen LogP contribution in [0.1, 0.15) is 21.4 Å². The SMILES string of the molecule is Cc1ccsc1CNC(=O)NCC(c1cccs1)N(C)C. The lowest BCUT2D eigenvalue weighted by molar-refractivity contribution is 0.233. The van der Waals surface area contributed by atoms with E-state index in [4.69, 9.17) is 0 Å². The van der Waals surface area contributed by atoms with Gasteiger partial charge in [-0.05, 0) is 49.5 Å². The van der Waals surface area contributed by atoms with E-state index in [1.54, 1.807) is 22.7 Å². The Kier molecular flexibility index (Phi) is 5.78. The third kappa shape index (κ3) is 4.56. The van der Waals surface area contributed by atoms with E-state index < -0.39 is 0 Å². The van der Waals surface area contributed by atoms with Crippen LogP contribution in [-0.4, -0.2) is 31.6 Å². The predicted molar refractivity (Wildman–Crippen MR) is 90.0 cm³/mol. The van der Waals surface area contributed by atoms with Gasteiger partial charge in [-0.15, -0.1) is 22.7 Å². The van der Waals surface area contributed by atoms with E-state index in [1.165, 1.54) is 15.3 Å². The van der Waals surface area contributed by atoms with Crippen molar-refractivity contribution in [1.82, 2.24) is 15.5 Å². The number of nitrogens with zero attached hydrogens (tertiary/aromatic N) is 1. The number of carbonyl (C=O) groups excluding carboxylic acids is 1. The first kappa shape index (κ1) is 16.0. The van der Waals surface area contributed by atoms with Gasteiger partial charge in [0.05, 0.1) is 12.6 Å². The largest absolute Gasteiger partial charge is 0.336 e. The number of likely N-dealkylation sites (N-methyl/N-ethyl adjacent to an activating group) is 1. The maximum atomic E-state index is 11.9. The number of hydrogen-bond acceptors (Lipinski definition) is 4. The number of rotatable bonds is 6. The van der Waals surface area contributed by atoms with Gasteiger partial charge in [0, 0.05) is 16.3 Å². The summed E-state index contributed by atoms with van der Waals surface area (Å²) in [6, 6.07) is 6.30. The van der Waals surface area contributed by atoms with Crippen LogP contribution in [0.25, 0.3) is 0 Å². The van der Waals surface area contributed by atoms with Gasteiger partial charge in [-0.3, -0.25) is 0 Å². The van der Waals surface area contributed by atoms with Crippen LogP contribution >= 0.6 is 22.7 Å². The van der Waals surface area contributed by atoms with Crippen molar-refractivity contribution in [3.05, 3.63) is 44.3 Å². The average molecular weight is 323 g/mol.